The zero-order valence-electron chi connectivity index (χ0n) is 14.2. The summed E-state index contributed by atoms with van der Waals surface area (Å²) >= 11 is 0. The van der Waals surface area contributed by atoms with Gasteiger partial charge < -0.3 is 14.2 Å². The zero-order valence-corrected chi connectivity index (χ0v) is 14.2. The van der Waals surface area contributed by atoms with Crippen molar-refractivity contribution in [1.82, 2.24) is 0 Å². The summed E-state index contributed by atoms with van der Waals surface area (Å²) in [4.78, 5) is 23.4. The molecule has 0 radical (unpaired) electrons. The molecule has 0 spiro atoms. The fraction of sp³-hybridized carbons (Fsp3) is 0.444. The predicted molar refractivity (Wildman–Crippen MR) is 86.0 cm³/mol. The van der Waals surface area contributed by atoms with Crippen LogP contribution >= 0.6 is 0 Å². The van der Waals surface area contributed by atoms with E-state index in [2.05, 4.69) is 5.92 Å². The Bertz CT molecular complexity index is 632. The van der Waals surface area contributed by atoms with Crippen LogP contribution in [0.1, 0.15) is 47.8 Å². The molecule has 0 fully saturated rings. The van der Waals surface area contributed by atoms with Crippen LogP contribution in [0, 0.1) is 19.3 Å². The lowest BCUT2D eigenvalue weighted by molar-refractivity contribution is -0.160. The molecule has 1 aromatic rings. The SMILES string of the molecule is C#Cc1cc(COCC(=O)OC(C)(C)C)cc(C(=O)OC)c1C. The lowest BCUT2D eigenvalue weighted by Gasteiger charge is -2.19. The summed E-state index contributed by atoms with van der Waals surface area (Å²) in [6, 6.07) is 3.40. The Balaban J connectivity index is 2.80. The zero-order chi connectivity index (χ0) is 17.6. The van der Waals surface area contributed by atoms with E-state index in [0.29, 0.717) is 22.3 Å². The minimum absolute atomic E-state index is 0.137. The molecule has 0 aliphatic rings. The molecule has 0 aliphatic carbocycles. The number of hydrogen-bond donors (Lipinski definition) is 0. The first kappa shape index (κ1) is 18.7. The van der Waals surface area contributed by atoms with E-state index in [0.717, 1.165) is 0 Å². The summed E-state index contributed by atoms with van der Waals surface area (Å²) in [5.41, 5.74) is 1.78. The molecule has 0 aromatic heterocycles. The molecule has 0 amide bonds. The fourth-order valence-electron chi connectivity index (χ4n) is 1.95. The summed E-state index contributed by atoms with van der Waals surface area (Å²) in [7, 11) is 1.31. The summed E-state index contributed by atoms with van der Waals surface area (Å²) in [5, 5.41) is 0. The second kappa shape index (κ2) is 7.80. The number of methoxy groups -OCH3 is 1. The fourth-order valence-corrected chi connectivity index (χ4v) is 1.95. The summed E-state index contributed by atoms with van der Waals surface area (Å²) in [6.07, 6.45) is 5.46. The highest BCUT2D eigenvalue weighted by Gasteiger charge is 2.17. The molecule has 5 nitrogen and oxygen atoms in total. The monoisotopic (exact) mass is 318 g/mol. The van der Waals surface area contributed by atoms with Crippen molar-refractivity contribution in [2.24, 2.45) is 0 Å². The van der Waals surface area contributed by atoms with Crippen molar-refractivity contribution in [1.29, 1.82) is 0 Å². The van der Waals surface area contributed by atoms with Crippen LogP contribution in [0.15, 0.2) is 12.1 Å². The van der Waals surface area contributed by atoms with Crippen molar-refractivity contribution in [3.05, 3.63) is 34.4 Å². The first-order chi connectivity index (χ1) is 10.7. The molecule has 0 atom stereocenters. The summed E-state index contributed by atoms with van der Waals surface area (Å²) in [5.74, 6) is 1.62. The lowest BCUT2D eigenvalue weighted by atomic mass is 9.99. The van der Waals surface area contributed by atoms with E-state index in [9.17, 15) is 9.59 Å². The van der Waals surface area contributed by atoms with Gasteiger partial charge in [0.05, 0.1) is 19.3 Å². The highest BCUT2D eigenvalue weighted by molar-refractivity contribution is 5.92. The van der Waals surface area contributed by atoms with Gasteiger partial charge in [-0.2, -0.15) is 0 Å². The molecule has 0 bridgehead atoms. The van der Waals surface area contributed by atoms with E-state index in [4.69, 9.17) is 20.6 Å². The standard InChI is InChI=1S/C18H22O5/c1-7-14-8-13(9-15(12(14)2)17(20)21-6)10-22-11-16(19)23-18(3,4)5/h1,8-9H,10-11H2,2-6H3. The second-order valence-corrected chi connectivity index (χ2v) is 6.03. The average molecular weight is 318 g/mol. The number of benzene rings is 1. The first-order valence-electron chi connectivity index (χ1n) is 7.16. The van der Waals surface area contributed by atoms with Crippen LogP contribution in [0.3, 0.4) is 0 Å². The molecule has 5 heteroatoms. The van der Waals surface area contributed by atoms with Gasteiger partial charge in [0.2, 0.25) is 0 Å². The highest BCUT2D eigenvalue weighted by atomic mass is 16.6. The summed E-state index contributed by atoms with van der Waals surface area (Å²) < 4.78 is 15.2. The normalized spacial score (nSPS) is 10.8. The van der Waals surface area contributed by atoms with Crippen molar-refractivity contribution < 1.29 is 23.8 Å². The minimum Gasteiger partial charge on any atom is -0.465 e. The van der Waals surface area contributed by atoms with Gasteiger partial charge in [0.1, 0.15) is 12.2 Å². The second-order valence-electron chi connectivity index (χ2n) is 6.03. The predicted octanol–water partition coefficient (Wildman–Crippen LogP) is 2.62. The lowest BCUT2D eigenvalue weighted by Crippen LogP contribution is -2.26. The van der Waals surface area contributed by atoms with E-state index in [1.807, 2.05) is 0 Å². The number of ether oxygens (including phenoxy) is 3. The van der Waals surface area contributed by atoms with E-state index in [1.54, 1.807) is 39.8 Å². The molecule has 23 heavy (non-hydrogen) atoms. The van der Waals surface area contributed by atoms with Crippen LogP contribution in [-0.4, -0.2) is 31.3 Å². The van der Waals surface area contributed by atoms with Gasteiger partial charge in [0, 0.05) is 5.56 Å². The Kier molecular flexibility index (Phi) is 6.35. The maximum atomic E-state index is 11.8. The molecule has 1 aromatic carbocycles. The third-order valence-corrected chi connectivity index (χ3v) is 2.94. The third-order valence-electron chi connectivity index (χ3n) is 2.94. The molecule has 1 rings (SSSR count). The Morgan fingerprint density at radius 1 is 1.26 bits per heavy atom. The van der Waals surface area contributed by atoms with Gasteiger partial charge in [-0.25, -0.2) is 9.59 Å². The third kappa shape index (κ3) is 5.76. The number of terminal acetylenes is 1. The molecular formula is C18H22O5. The van der Waals surface area contributed by atoms with Crippen molar-refractivity contribution in [2.75, 3.05) is 13.7 Å². The van der Waals surface area contributed by atoms with Gasteiger partial charge in [-0.3, -0.25) is 0 Å². The molecule has 0 aliphatic heterocycles. The number of esters is 2. The quantitative estimate of drug-likeness (QED) is 0.617. The van der Waals surface area contributed by atoms with E-state index >= 15 is 0 Å². The molecule has 0 saturated carbocycles. The van der Waals surface area contributed by atoms with E-state index in [-0.39, 0.29) is 13.2 Å². The number of rotatable bonds is 5. The van der Waals surface area contributed by atoms with Crippen molar-refractivity contribution >= 4 is 11.9 Å². The van der Waals surface area contributed by atoms with Gasteiger partial charge in [-0.15, -0.1) is 6.42 Å². The Labute approximate surface area is 136 Å². The smallest absolute Gasteiger partial charge is 0.338 e. The molecule has 124 valence electrons. The van der Waals surface area contributed by atoms with Gasteiger partial charge in [-0.1, -0.05) is 5.92 Å². The maximum absolute atomic E-state index is 11.8. The van der Waals surface area contributed by atoms with E-state index < -0.39 is 17.5 Å². The largest absolute Gasteiger partial charge is 0.465 e. The van der Waals surface area contributed by atoms with Crippen LogP contribution < -0.4 is 0 Å². The Morgan fingerprint density at radius 3 is 2.43 bits per heavy atom. The van der Waals surface area contributed by atoms with Crippen molar-refractivity contribution in [2.45, 2.75) is 39.9 Å². The van der Waals surface area contributed by atoms with Crippen LogP contribution in [0.25, 0.3) is 0 Å². The molecule has 0 heterocycles. The number of carbonyl (C=O) groups excluding carboxylic acids is 2. The van der Waals surface area contributed by atoms with Gasteiger partial charge in [0.15, 0.2) is 0 Å². The number of hydrogen-bond acceptors (Lipinski definition) is 5. The van der Waals surface area contributed by atoms with Crippen LogP contribution in [0.2, 0.25) is 0 Å². The van der Waals surface area contributed by atoms with Crippen molar-refractivity contribution in [3.63, 3.8) is 0 Å². The number of carbonyl (C=O) groups is 2. The van der Waals surface area contributed by atoms with Gasteiger partial charge >= 0.3 is 11.9 Å². The maximum Gasteiger partial charge on any atom is 0.338 e. The summed E-state index contributed by atoms with van der Waals surface area (Å²) in [6.45, 7) is 7.07. The van der Waals surface area contributed by atoms with Gasteiger partial charge in [-0.05, 0) is 51.0 Å². The molecule has 0 unspecified atom stereocenters. The van der Waals surface area contributed by atoms with Crippen molar-refractivity contribution in [3.8, 4) is 12.3 Å². The van der Waals surface area contributed by atoms with Gasteiger partial charge in [0.25, 0.3) is 0 Å². The molecule has 0 saturated heterocycles. The molecule has 0 N–H and O–H groups in total. The Hall–Kier alpha value is -2.32. The van der Waals surface area contributed by atoms with E-state index in [1.165, 1.54) is 7.11 Å². The highest BCUT2D eigenvalue weighted by Crippen LogP contribution is 2.18. The topological polar surface area (TPSA) is 61.8 Å². The van der Waals surface area contributed by atoms with Crippen LogP contribution in [0.5, 0.6) is 0 Å². The van der Waals surface area contributed by atoms with Crippen LogP contribution in [0.4, 0.5) is 0 Å². The molecular weight excluding hydrogens is 296 g/mol. The van der Waals surface area contributed by atoms with Crippen LogP contribution in [-0.2, 0) is 25.6 Å². The first-order valence-corrected chi connectivity index (χ1v) is 7.16. The Morgan fingerprint density at radius 2 is 1.91 bits per heavy atom. The minimum atomic E-state index is -0.557. The average Bonchev–Trinajstić information content (AvgIpc) is 2.45.